The molecule has 35 heavy (non-hydrogen) atoms. The number of nitrogens with zero attached hydrogens (tertiary/aromatic N) is 7. The molecular formula is C26H27N7O2. The number of aromatic nitrogens is 5. The van der Waals surface area contributed by atoms with Crippen LogP contribution in [0.4, 0.5) is 0 Å². The summed E-state index contributed by atoms with van der Waals surface area (Å²) in [7, 11) is 4.01. The molecule has 0 aliphatic carbocycles. The normalized spacial score (nSPS) is 11.5. The van der Waals surface area contributed by atoms with E-state index in [1.54, 1.807) is 12.4 Å². The topological polar surface area (TPSA) is 114 Å². The maximum atomic E-state index is 9.45. The van der Waals surface area contributed by atoms with Crippen LogP contribution in [0.5, 0.6) is 5.75 Å². The standard InChI is InChI=1S/C26H27N7O2/c1-17-23(30-21(15-29-17)19-10-11-28-22(14-19)26(2,3)16-27)25-32-31-24(35-25)18-6-8-20(9-7-18)34-13-12-33(4)5/h6-11,14-15H,12-13H2,1-5H3. The van der Waals surface area contributed by atoms with Crippen molar-refractivity contribution in [1.82, 2.24) is 30.0 Å². The summed E-state index contributed by atoms with van der Waals surface area (Å²) in [5.41, 5.74) is 3.32. The van der Waals surface area contributed by atoms with E-state index in [2.05, 4.69) is 31.1 Å². The number of hydrogen-bond donors (Lipinski definition) is 0. The third-order valence-corrected chi connectivity index (χ3v) is 5.47. The largest absolute Gasteiger partial charge is 0.492 e. The summed E-state index contributed by atoms with van der Waals surface area (Å²) in [6, 6.07) is 13.5. The summed E-state index contributed by atoms with van der Waals surface area (Å²) >= 11 is 0. The fourth-order valence-electron chi connectivity index (χ4n) is 3.26. The fraction of sp³-hybridized carbons (Fsp3) is 0.308. The van der Waals surface area contributed by atoms with E-state index in [1.165, 1.54) is 0 Å². The molecule has 0 saturated carbocycles. The van der Waals surface area contributed by atoms with Crippen LogP contribution in [0.15, 0.2) is 53.2 Å². The first kappa shape index (κ1) is 24.0. The van der Waals surface area contributed by atoms with Crippen LogP contribution in [0.1, 0.15) is 25.2 Å². The molecule has 4 aromatic rings. The summed E-state index contributed by atoms with van der Waals surface area (Å²) in [5.74, 6) is 1.44. The lowest BCUT2D eigenvalue weighted by Gasteiger charge is -2.15. The molecule has 178 valence electrons. The predicted molar refractivity (Wildman–Crippen MR) is 131 cm³/mol. The van der Waals surface area contributed by atoms with Crippen LogP contribution in [-0.2, 0) is 5.41 Å². The lowest BCUT2D eigenvalue weighted by molar-refractivity contribution is 0.261. The molecule has 0 bridgehead atoms. The molecule has 0 atom stereocenters. The van der Waals surface area contributed by atoms with Gasteiger partial charge in [0.2, 0.25) is 5.89 Å². The second-order valence-electron chi connectivity index (χ2n) is 8.94. The van der Waals surface area contributed by atoms with Crippen molar-refractivity contribution in [2.24, 2.45) is 0 Å². The molecule has 0 saturated heterocycles. The second kappa shape index (κ2) is 9.99. The molecule has 0 unspecified atom stereocenters. The van der Waals surface area contributed by atoms with Crippen LogP contribution in [0.3, 0.4) is 0 Å². The molecule has 0 aliphatic rings. The van der Waals surface area contributed by atoms with Crippen molar-refractivity contribution in [3.8, 4) is 46.1 Å². The van der Waals surface area contributed by atoms with Crippen molar-refractivity contribution >= 4 is 0 Å². The zero-order valence-electron chi connectivity index (χ0n) is 20.5. The minimum Gasteiger partial charge on any atom is -0.492 e. The molecule has 3 aromatic heterocycles. The number of benzene rings is 1. The van der Waals surface area contributed by atoms with Gasteiger partial charge in [0.15, 0.2) is 0 Å². The first-order valence-corrected chi connectivity index (χ1v) is 11.2. The predicted octanol–water partition coefficient (Wildman–Crippen LogP) is 4.31. The Morgan fingerprint density at radius 2 is 1.77 bits per heavy atom. The second-order valence-corrected chi connectivity index (χ2v) is 8.94. The zero-order chi connectivity index (χ0) is 25.0. The Morgan fingerprint density at radius 1 is 1.03 bits per heavy atom. The first-order valence-electron chi connectivity index (χ1n) is 11.2. The van der Waals surface area contributed by atoms with Gasteiger partial charge in [-0.2, -0.15) is 5.26 Å². The number of nitriles is 1. The van der Waals surface area contributed by atoms with Gasteiger partial charge in [-0.25, -0.2) is 4.98 Å². The summed E-state index contributed by atoms with van der Waals surface area (Å²) in [6.07, 6.45) is 3.35. The van der Waals surface area contributed by atoms with Gasteiger partial charge in [0.05, 0.1) is 34.8 Å². The van der Waals surface area contributed by atoms with Crippen molar-refractivity contribution in [3.05, 3.63) is 60.2 Å². The highest BCUT2D eigenvalue weighted by atomic mass is 16.5. The lowest BCUT2D eigenvalue weighted by Crippen LogP contribution is -2.19. The van der Waals surface area contributed by atoms with Gasteiger partial charge in [-0.1, -0.05) is 0 Å². The maximum Gasteiger partial charge on any atom is 0.268 e. The van der Waals surface area contributed by atoms with Gasteiger partial charge in [0.25, 0.3) is 5.89 Å². The number of likely N-dealkylation sites (N-methyl/N-ethyl adjacent to an activating group) is 1. The van der Waals surface area contributed by atoms with Crippen molar-refractivity contribution in [1.29, 1.82) is 5.26 Å². The van der Waals surface area contributed by atoms with E-state index in [-0.39, 0.29) is 5.89 Å². The average molecular weight is 470 g/mol. The third kappa shape index (κ3) is 5.50. The molecule has 0 amide bonds. The Kier molecular flexibility index (Phi) is 6.85. The van der Waals surface area contributed by atoms with Crippen LogP contribution >= 0.6 is 0 Å². The van der Waals surface area contributed by atoms with E-state index in [1.807, 2.05) is 71.3 Å². The number of aryl methyl sites for hydroxylation is 1. The van der Waals surface area contributed by atoms with Gasteiger partial charge in [0, 0.05) is 23.9 Å². The molecule has 0 spiro atoms. The molecular weight excluding hydrogens is 442 g/mol. The van der Waals surface area contributed by atoms with Crippen molar-refractivity contribution in [2.45, 2.75) is 26.2 Å². The first-order chi connectivity index (χ1) is 16.8. The Hall–Kier alpha value is -4.16. The van der Waals surface area contributed by atoms with Gasteiger partial charge in [-0.3, -0.25) is 9.97 Å². The summed E-state index contributed by atoms with van der Waals surface area (Å²) in [5, 5.41) is 17.9. The van der Waals surface area contributed by atoms with Crippen molar-refractivity contribution in [3.63, 3.8) is 0 Å². The maximum absolute atomic E-state index is 9.45. The highest BCUT2D eigenvalue weighted by Crippen LogP contribution is 2.29. The smallest absolute Gasteiger partial charge is 0.268 e. The summed E-state index contributed by atoms with van der Waals surface area (Å²) in [4.78, 5) is 15.6. The van der Waals surface area contributed by atoms with Crippen molar-refractivity contribution < 1.29 is 9.15 Å². The van der Waals surface area contributed by atoms with Gasteiger partial charge in [0.1, 0.15) is 18.1 Å². The van der Waals surface area contributed by atoms with Gasteiger partial charge in [-0.15, -0.1) is 10.2 Å². The van der Waals surface area contributed by atoms with E-state index in [9.17, 15) is 5.26 Å². The molecule has 3 heterocycles. The van der Waals surface area contributed by atoms with Crippen LogP contribution in [0.25, 0.3) is 34.3 Å². The summed E-state index contributed by atoms with van der Waals surface area (Å²) in [6.45, 7) is 6.94. The Bertz CT molecular complexity index is 1350. The minimum atomic E-state index is -0.717. The van der Waals surface area contributed by atoms with Crippen molar-refractivity contribution in [2.75, 3.05) is 27.2 Å². The van der Waals surface area contributed by atoms with E-state index < -0.39 is 5.41 Å². The van der Waals surface area contributed by atoms with Crippen LogP contribution in [0.2, 0.25) is 0 Å². The van der Waals surface area contributed by atoms with Gasteiger partial charge >= 0.3 is 0 Å². The summed E-state index contributed by atoms with van der Waals surface area (Å²) < 4.78 is 11.7. The monoisotopic (exact) mass is 469 g/mol. The molecule has 9 nitrogen and oxygen atoms in total. The Morgan fingerprint density at radius 3 is 2.49 bits per heavy atom. The van der Waals surface area contributed by atoms with Crippen LogP contribution in [-0.4, -0.2) is 57.3 Å². The average Bonchev–Trinajstić information content (AvgIpc) is 3.35. The van der Waals surface area contributed by atoms with Gasteiger partial charge in [-0.05, 0) is 71.3 Å². The molecule has 0 fully saturated rings. The molecule has 4 rings (SSSR count). The van der Waals surface area contributed by atoms with E-state index in [0.717, 1.165) is 23.4 Å². The highest BCUT2D eigenvalue weighted by Gasteiger charge is 2.22. The molecule has 9 heteroatoms. The lowest BCUT2D eigenvalue weighted by atomic mass is 9.90. The Labute approximate surface area is 204 Å². The molecule has 1 aromatic carbocycles. The molecule has 0 radical (unpaired) electrons. The molecule has 0 aliphatic heterocycles. The highest BCUT2D eigenvalue weighted by molar-refractivity contribution is 5.64. The van der Waals surface area contributed by atoms with E-state index in [0.29, 0.717) is 35.3 Å². The van der Waals surface area contributed by atoms with Crippen LogP contribution < -0.4 is 4.74 Å². The zero-order valence-corrected chi connectivity index (χ0v) is 20.5. The van der Waals surface area contributed by atoms with Gasteiger partial charge < -0.3 is 14.1 Å². The number of hydrogen-bond acceptors (Lipinski definition) is 9. The third-order valence-electron chi connectivity index (χ3n) is 5.47. The number of pyridine rings is 1. The van der Waals surface area contributed by atoms with E-state index in [4.69, 9.17) is 14.1 Å². The quantitative estimate of drug-likeness (QED) is 0.372. The van der Waals surface area contributed by atoms with Crippen LogP contribution in [0, 0.1) is 18.3 Å². The Balaban J connectivity index is 1.58. The number of rotatable bonds is 8. The fourth-order valence-corrected chi connectivity index (χ4v) is 3.26. The SMILES string of the molecule is Cc1ncc(-c2ccnc(C(C)(C)C#N)c2)nc1-c1nnc(-c2ccc(OCCN(C)C)cc2)o1. The number of ether oxygens (including phenoxy) is 1. The molecule has 0 N–H and O–H groups in total. The van der Waals surface area contributed by atoms with E-state index >= 15 is 0 Å². The minimum absolute atomic E-state index is 0.282.